The Bertz CT molecular complexity index is 1100. The predicted octanol–water partition coefficient (Wildman–Crippen LogP) is 3.40. The van der Waals surface area contributed by atoms with E-state index in [4.69, 9.17) is 10.1 Å². The molecule has 2 N–H and O–H groups in total. The number of para-hydroxylation sites is 1. The van der Waals surface area contributed by atoms with Gasteiger partial charge in [-0.3, -0.25) is 10.2 Å². The van der Waals surface area contributed by atoms with Crippen LogP contribution in [0, 0.1) is 19.3 Å². The minimum Gasteiger partial charge on any atom is -0.461 e. The van der Waals surface area contributed by atoms with Crippen LogP contribution in [-0.4, -0.2) is 28.3 Å². The molecule has 0 spiro atoms. The lowest BCUT2D eigenvalue weighted by molar-refractivity contribution is 0.0516. The molecular weight excluding hydrogens is 368 g/mol. The van der Waals surface area contributed by atoms with E-state index in [-0.39, 0.29) is 23.4 Å². The highest BCUT2D eigenvalue weighted by molar-refractivity contribution is 6.06. The lowest BCUT2D eigenvalue weighted by Crippen LogP contribution is -2.34. The van der Waals surface area contributed by atoms with Crippen molar-refractivity contribution >= 4 is 17.6 Å². The molecule has 1 aromatic heterocycles. The molecule has 0 saturated heterocycles. The third-order valence-corrected chi connectivity index (χ3v) is 4.38. The van der Waals surface area contributed by atoms with E-state index >= 15 is 0 Å². The van der Waals surface area contributed by atoms with E-state index in [1.807, 2.05) is 25.1 Å². The minimum absolute atomic E-state index is 0.000703. The number of benzene rings is 2. The van der Waals surface area contributed by atoms with Crippen LogP contribution < -0.4 is 10.8 Å². The van der Waals surface area contributed by atoms with Crippen LogP contribution in [0.1, 0.15) is 38.9 Å². The number of esters is 1. The number of nitrogens with zero attached hydrogens (tertiary/aromatic N) is 2. The molecule has 7 heteroatoms. The first-order valence-corrected chi connectivity index (χ1v) is 9.21. The molecule has 0 aliphatic rings. The van der Waals surface area contributed by atoms with Crippen molar-refractivity contribution in [1.29, 1.82) is 5.41 Å². The summed E-state index contributed by atoms with van der Waals surface area (Å²) in [7, 11) is 0. The van der Waals surface area contributed by atoms with Crippen molar-refractivity contribution in [3.05, 3.63) is 82.5 Å². The summed E-state index contributed by atoms with van der Waals surface area (Å²) < 4.78 is 6.37. The molecule has 1 heterocycles. The Balaban J connectivity index is 2.14. The zero-order valence-corrected chi connectivity index (χ0v) is 16.5. The number of carbonyl (C=O) groups excluding carboxylic acids is 2. The Morgan fingerprint density at radius 1 is 1.07 bits per heavy atom. The Morgan fingerprint density at radius 3 is 2.34 bits per heavy atom. The van der Waals surface area contributed by atoms with Crippen molar-refractivity contribution in [2.24, 2.45) is 0 Å². The van der Waals surface area contributed by atoms with Gasteiger partial charge in [0.1, 0.15) is 0 Å². The lowest BCUT2D eigenvalue weighted by Gasteiger charge is -2.15. The van der Waals surface area contributed by atoms with Crippen LogP contribution in [0.2, 0.25) is 0 Å². The van der Waals surface area contributed by atoms with Gasteiger partial charge in [-0.25, -0.2) is 9.48 Å². The average Bonchev–Trinajstić information content (AvgIpc) is 2.71. The van der Waals surface area contributed by atoms with E-state index in [1.165, 1.54) is 4.68 Å². The molecule has 148 valence electrons. The Labute approximate surface area is 168 Å². The number of hydrogen-bond donors (Lipinski definition) is 2. The maximum atomic E-state index is 13.0. The van der Waals surface area contributed by atoms with E-state index in [9.17, 15) is 9.59 Å². The molecular formula is C22H22N4O3. The summed E-state index contributed by atoms with van der Waals surface area (Å²) in [6, 6.07) is 16.2. The Morgan fingerprint density at radius 2 is 1.72 bits per heavy atom. The Hall–Kier alpha value is -3.74. The summed E-state index contributed by atoms with van der Waals surface area (Å²) in [6.45, 7) is 5.42. The summed E-state index contributed by atoms with van der Waals surface area (Å²) in [6.07, 6.45) is 0. The SMILES string of the molecule is CCOC(=O)c1nn(-c2ccccc2)c(=N)c(C(=O)Nc2ccc(C)cc2)c1C. The van der Waals surface area contributed by atoms with Gasteiger partial charge in [-0.1, -0.05) is 35.9 Å². The number of rotatable bonds is 5. The summed E-state index contributed by atoms with van der Waals surface area (Å²) in [5, 5.41) is 15.7. The average molecular weight is 390 g/mol. The number of aryl methyl sites for hydroxylation is 1. The highest BCUT2D eigenvalue weighted by Gasteiger charge is 2.23. The molecule has 1 amide bonds. The zero-order valence-electron chi connectivity index (χ0n) is 16.5. The number of carbonyl (C=O) groups is 2. The summed E-state index contributed by atoms with van der Waals surface area (Å²) in [4.78, 5) is 25.5. The normalized spacial score (nSPS) is 10.4. The highest BCUT2D eigenvalue weighted by atomic mass is 16.5. The van der Waals surface area contributed by atoms with Crippen LogP contribution in [0.5, 0.6) is 0 Å². The second kappa shape index (κ2) is 8.52. The van der Waals surface area contributed by atoms with Crippen LogP contribution in [0.3, 0.4) is 0 Å². The van der Waals surface area contributed by atoms with Crippen molar-refractivity contribution in [1.82, 2.24) is 9.78 Å². The molecule has 0 aliphatic carbocycles. The van der Waals surface area contributed by atoms with E-state index < -0.39 is 11.9 Å². The first kappa shape index (κ1) is 20.0. The van der Waals surface area contributed by atoms with Gasteiger partial charge in [0.25, 0.3) is 5.91 Å². The van der Waals surface area contributed by atoms with Gasteiger partial charge >= 0.3 is 5.97 Å². The molecule has 0 unspecified atom stereocenters. The Kier molecular flexibility index (Phi) is 5.87. The summed E-state index contributed by atoms with van der Waals surface area (Å²) in [5.41, 5.74) is 2.47. The molecule has 7 nitrogen and oxygen atoms in total. The monoisotopic (exact) mass is 390 g/mol. The van der Waals surface area contributed by atoms with Gasteiger partial charge in [0, 0.05) is 11.3 Å². The number of aromatic nitrogens is 2. The summed E-state index contributed by atoms with van der Waals surface area (Å²) >= 11 is 0. The predicted molar refractivity (Wildman–Crippen MR) is 109 cm³/mol. The third kappa shape index (κ3) is 4.24. The third-order valence-electron chi connectivity index (χ3n) is 4.38. The number of hydrogen-bond acceptors (Lipinski definition) is 5. The topological polar surface area (TPSA) is 97.1 Å². The van der Waals surface area contributed by atoms with Crippen molar-refractivity contribution in [3.63, 3.8) is 0 Å². The van der Waals surface area contributed by atoms with E-state index in [0.29, 0.717) is 16.9 Å². The van der Waals surface area contributed by atoms with Crippen LogP contribution in [0.25, 0.3) is 5.69 Å². The minimum atomic E-state index is -0.640. The summed E-state index contributed by atoms with van der Waals surface area (Å²) in [5.74, 6) is -1.13. The zero-order chi connectivity index (χ0) is 21.0. The van der Waals surface area contributed by atoms with Gasteiger partial charge in [0.2, 0.25) is 0 Å². The fraction of sp³-hybridized carbons (Fsp3) is 0.182. The highest BCUT2D eigenvalue weighted by Crippen LogP contribution is 2.15. The van der Waals surface area contributed by atoms with Gasteiger partial charge < -0.3 is 10.1 Å². The standard InChI is InChI=1S/C22H22N4O3/c1-4-29-22(28)19-15(3)18(21(27)24-16-12-10-14(2)11-13-16)20(23)26(25-19)17-8-6-5-7-9-17/h5-13,23H,4H2,1-3H3,(H,24,27). The number of ether oxygens (including phenoxy) is 1. The fourth-order valence-electron chi connectivity index (χ4n) is 2.88. The van der Waals surface area contributed by atoms with Gasteiger partial charge in [-0.15, -0.1) is 0 Å². The molecule has 3 aromatic rings. The van der Waals surface area contributed by atoms with E-state index in [0.717, 1.165) is 5.56 Å². The van der Waals surface area contributed by atoms with Crippen LogP contribution in [-0.2, 0) is 4.74 Å². The lowest BCUT2D eigenvalue weighted by atomic mass is 10.1. The van der Waals surface area contributed by atoms with E-state index in [2.05, 4.69) is 10.4 Å². The number of nitrogens with one attached hydrogen (secondary N) is 2. The van der Waals surface area contributed by atoms with Crippen molar-refractivity contribution in [3.8, 4) is 5.69 Å². The molecule has 29 heavy (non-hydrogen) atoms. The quantitative estimate of drug-likeness (QED) is 0.653. The maximum absolute atomic E-state index is 13.0. The molecule has 2 aromatic carbocycles. The largest absolute Gasteiger partial charge is 0.461 e. The number of anilines is 1. The molecule has 0 aliphatic heterocycles. The molecule has 0 fully saturated rings. The van der Waals surface area contributed by atoms with E-state index in [1.54, 1.807) is 50.2 Å². The second-order valence-corrected chi connectivity index (χ2v) is 6.49. The van der Waals surface area contributed by atoms with Crippen molar-refractivity contribution in [2.45, 2.75) is 20.8 Å². The first-order chi connectivity index (χ1) is 13.9. The fourth-order valence-corrected chi connectivity index (χ4v) is 2.88. The molecule has 3 rings (SSSR count). The molecule has 0 atom stereocenters. The van der Waals surface area contributed by atoms with Crippen molar-refractivity contribution < 1.29 is 14.3 Å². The second-order valence-electron chi connectivity index (χ2n) is 6.49. The van der Waals surface area contributed by atoms with Crippen molar-refractivity contribution in [2.75, 3.05) is 11.9 Å². The number of amides is 1. The van der Waals surface area contributed by atoms with Gasteiger partial charge in [-0.2, -0.15) is 5.10 Å². The van der Waals surface area contributed by atoms with Crippen LogP contribution in [0.4, 0.5) is 5.69 Å². The van der Waals surface area contributed by atoms with Crippen LogP contribution >= 0.6 is 0 Å². The van der Waals surface area contributed by atoms with Crippen LogP contribution in [0.15, 0.2) is 54.6 Å². The van der Waals surface area contributed by atoms with Gasteiger partial charge in [-0.05, 0) is 45.0 Å². The van der Waals surface area contributed by atoms with Gasteiger partial charge in [0.15, 0.2) is 11.2 Å². The first-order valence-electron chi connectivity index (χ1n) is 9.21. The smallest absolute Gasteiger partial charge is 0.359 e. The maximum Gasteiger partial charge on any atom is 0.359 e. The molecule has 0 saturated carbocycles. The van der Waals surface area contributed by atoms with Gasteiger partial charge in [0.05, 0.1) is 17.9 Å². The molecule has 0 radical (unpaired) electrons. The molecule has 0 bridgehead atoms.